The fourth-order valence-electron chi connectivity index (χ4n) is 1.94. The molecule has 1 heterocycles. The Hall–Kier alpha value is -2.23. The molecule has 0 spiro atoms. The molecule has 9 heteroatoms. The summed E-state index contributed by atoms with van der Waals surface area (Å²) >= 11 is -2.06. The van der Waals surface area contributed by atoms with Gasteiger partial charge in [0.1, 0.15) is 23.1 Å². The maximum Gasteiger partial charge on any atom is 0.313 e. The lowest BCUT2D eigenvalue weighted by molar-refractivity contribution is -0.136. The maximum atomic E-state index is 13.0. The van der Waals surface area contributed by atoms with Gasteiger partial charge in [0, 0.05) is 24.4 Å². The Balaban J connectivity index is 1.89. The number of aliphatic hydroxyl groups is 1. The van der Waals surface area contributed by atoms with Crippen molar-refractivity contribution in [1.29, 1.82) is 0 Å². The minimum atomic E-state index is -2.06. The molecule has 24 heavy (non-hydrogen) atoms. The van der Waals surface area contributed by atoms with Crippen molar-refractivity contribution in [1.82, 2.24) is 9.97 Å². The Morgan fingerprint density at radius 2 is 2.17 bits per heavy atom. The van der Waals surface area contributed by atoms with Crippen LogP contribution in [0.3, 0.4) is 0 Å². The van der Waals surface area contributed by atoms with Crippen LogP contribution >= 0.6 is 0 Å². The summed E-state index contributed by atoms with van der Waals surface area (Å²) in [7, 11) is 0. The molecule has 2 rings (SSSR count). The molecule has 0 aliphatic carbocycles. The van der Waals surface area contributed by atoms with Crippen LogP contribution in [0.1, 0.15) is 17.9 Å². The molecule has 0 bridgehead atoms. The van der Waals surface area contributed by atoms with E-state index in [0.717, 1.165) is 6.07 Å². The second kappa shape index (κ2) is 8.57. The lowest BCUT2D eigenvalue weighted by Gasteiger charge is -2.10. The second-order valence-corrected chi connectivity index (χ2v) is 5.86. The third kappa shape index (κ3) is 6.11. The van der Waals surface area contributed by atoms with E-state index in [0.29, 0.717) is 5.69 Å². The molecule has 1 aromatic heterocycles. The van der Waals surface area contributed by atoms with E-state index in [-0.39, 0.29) is 30.2 Å². The summed E-state index contributed by atoms with van der Waals surface area (Å²) in [6.45, 7) is 0. The lowest BCUT2D eigenvalue weighted by atomic mass is 10.1. The van der Waals surface area contributed by atoms with Crippen molar-refractivity contribution in [2.75, 3.05) is 0 Å². The van der Waals surface area contributed by atoms with Crippen LogP contribution in [0.25, 0.3) is 0 Å². The highest BCUT2D eigenvalue weighted by Crippen LogP contribution is 2.13. The van der Waals surface area contributed by atoms with Crippen molar-refractivity contribution >= 4 is 17.0 Å². The molecule has 128 valence electrons. The largest absolute Gasteiger partial charge is 0.426 e. The number of halogens is 1. The zero-order chi connectivity index (χ0) is 17.5. The summed E-state index contributed by atoms with van der Waals surface area (Å²) in [5.74, 6) is -1.23. The fraction of sp³-hybridized carbons (Fsp3) is 0.267. The van der Waals surface area contributed by atoms with Gasteiger partial charge in [-0.1, -0.05) is 6.07 Å². The van der Waals surface area contributed by atoms with E-state index in [1.54, 1.807) is 0 Å². The number of aromatic nitrogens is 2. The van der Waals surface area contributed by atoms with Crippen LogP contribution in [0, 0.1) is 5.82 Å². The third-order valence-corrected chi connectivity index (χ3v) is 3.40. The van der Waals surface area contributed by atoms with Crippen LogP contribution in [-0.4, -0.2) is 35.9 Å². The third-order valence-electron chi connectivity index (χ3n) is 2.89. The molecule has 0 radical (unpaired) electrons. The molecule has 0 amide bonds. The molecule has 2 aromatic rings. The van der Waals surface area contributed by atoms with Crippen molar-refractivity contribution in [2.45, 2.75) is 24.7 Å². The van der Waals surface area contributed by atoms with Crippen LogP contribution in [0.2, 0.25) is 0 Å². The summed E-state index contributed by atoms with van der Waals surface area (Å²) in [4.78, 5) is 19.6. The summed E-state index contributed by atoms with van der Waals surface area (Å²) in [6, 6.07) is 6.65. The molecule has 2 atom stereocenters. The molecule has 7 nitrogen and oxygen atoms in total. The summed E-state index contributed by atoms with van der Waals surface area (Å²) < 4.78 is 37.5. The summed E-state index contributed by atoms with van der Waals surface area (Å²) in [6.07, 6.45) is 0.0871. The molecule has 0 aliphatic rings. The van der Waals surface area contributed by atoms with Crippen molar-refractivity contribution in [3.8, 4) is 5.75 Å². The number of nitrogens with zero attached hydrogens (tertiary/aromatic N) is 2. The molecule has 2 unspecified atom stereocenters. The van der Waals surface area contributed by atoms with Crippen molar-refractivity contribution < 1.29 is 27.8 Å². The Kier molecular flexibility index (Phi) is 6.47. The highest BCUT2D eigenvalue weighted by Gasteiger charge is 2.15. The molecular formula is C15H15FN2O5S. The van der Waals surface area contributed by atoms with Crippen LogP contribution in [0.5, 0.6) is 5.75 Å². The minimum Gasteiger partial charge on any atom is -0.426 e. The average Bonchev–Trinajstić information content (AvgIpc) is 2.46. The normalized spacial score (nSPS) is 13.3. The van der Waals surface area contributed by atoms with Crippen molar-refractivity contribution in [2.24, 2.45) is 0 Å². The van der Waals surface area contributed by atoms with Gasteiger partial charge in [-0.15, -0.1) is 0 Å². The Bertz CT molecular complexity index is 743. The molecule has 0 saturated heterocycles. The summed E-state index contributed by atoms with van der Waals surface area (Å²) in [5, 5.41) is 9.93. The quantitative estimate of drug-likeness (QED) is 0.437. The number of aliphatic hydroxyl groups excluding tert-OH is 1. The van der Waals surface area contributed by atoms with Crippen LogP contribution in [-0.2, 0) is 28.0 Å². The van der Waals surface area contributed by atoms with Gasteiger partial charge < -0.3 is 14.4 Å². The minimum absolute atomic E-state index is 0.0475. The van der Waals surface area contributed by atoms with E-state index in [9.17, 15) is 18.5 Å². The monoisotopic (exact) mass is 354 g/mol. The molecule has 0 fully saturated rings. The van der Waals surface area contributed by atoms with E-state index in [1.807, 2.05) is 0 Å². The molecular weight excluding hydrogens is 339 g/mol. The zero-order valence-corrected chi connectivity index (χ0v) is 13.3. The molecule has 2 N–H and O–H groups in total. The standard InChI is InChI=1S/C15H15FN2O5S/c16-10-2-1-3-13(6-10)23-15(20)8-12(19)7-11-4-5-17-14(18-11)9-24(21)22/h1-6,12,19H,7-9H2,(H,21,22). The van der Waals surface area contributed by atoms with Gasteiger partial charge in [0.25, 0.3) is 0 Å². The van der Waals surface area contributed by atoms with Crippen molar-refractivity contribution in [3.05, 3.63) is 53.9 Å². The Morgan fingerprint density at radius 1 is 1.38 bits per heavy atom. The van der Waals surface area contributed by atoms with E-state index < -0.39 is 29.0 Å². The van der Waals surface area contributed by atoms with E-state index in [2.05, 4.69) is 9.97 Å². The predicted octanol–water partition coefficient (Wildman–Crippen LogP) is 1.24. The van der Waals surface area contributed by atoms with Gasteiger partial charge in [-0.2, -0.15) is 0 Å². The highest BCUT2D eigenvalue weighted by molar-refractivity contribution is 7.78. The van der Waals surface area contributed by atoms with Crippen LogP contribution < -0.4 is 4.74 Å². The van der Waals surface area contributed by atoms with Crippen molar-refractivity contribution in [3.63, 3.8) is 0 Å². The van der Waals surface area contributed by atoms with Gasteiger partial charge in [0.05, 0.1) is 12.5 Å². The van der Waals surface area contributed by atoms with Gasteiger partial charge >= 0.3 is 5.97 Å². The van der Waals surface area contributed by atoms with Gasteiger partial charge in [-0.25, -0.2) is 18.6 Å². The molecule has 0 saturated carbocycles. The number of carbonyl (C=O) groups is 1. The SMILES string of the molecule is O=C(CC(O)Cc1ccnc(CS(=O)O)n1)Oc1cccc(F)c1. The van der Waals surface area contributed by atoms with E-state index >= 15 is 0 Å². The van der Waals surface area contributed by atoms with Gasteiger partial charge in [0.2, 0.25) is 0 Å². The van der Waals surface area contributed by atoms with Gasteiger partial charge in [-0.3, -0.25) is 4.79 Å². The van der Waals surface area contributed by atoms with E-state index in [1.165, 1.54) is 30.5 Å². The predicted molar refractivity (Wildman–Crippen MR) is 82.9 cm³/mol. The topological polar surface area (TPSA) is 110 Å². The second-order valence-electron chi connectivity index (χ2n) is 4.92. The summed E-state index contributed by atoms with van der Waals surface area (Å²) in [5.41, 5.74) is 0.427. The first-order chi connectivity index (χ1) is 11.4. The lowest BCUT2D eigenvalue weighted by Crippen LogP contribution is -2.20. The number of carbonyl (C=O) groups excluding carboxylic acids is 1. The highest BCUT2D eigenvalue weighted by atomic mass is 32.2. The smallest absolute Gasteiger partial charge is 0.313 e. The first-order valence-electron chi connectivity index (χ1n) is 6.95. The maximum absolute atomic E-state index is 13.0. The van der Waals surface area contributed by atoms with E-state index in [4.69, 9.17) is 9.29 Å². The van der Waals surface area contributed by atoms with Gasteiger partial charge in [-0.05, 0) is 18.2 Å². The first-order valence-corrected chi connectivity index (χ1v) is 8.22. The number of hydrogen-bond acceptors (Lipinski definition) is 6. The number of rotatable bonds is 7. The fourth-order valence-corrected chi connectivity index (χ4v) is 2.30. The number of benzene rings is 1. The number of ether oxygens (including phenoxy) is 1. The Labute approximate surface area is 139 Å². The number of hydrogen-bond donors (Lipinski definition) is 2. The van der Waals surface area contributed by atoms with Crippen LogP contribution in [0.15, 0.2) is 36.5 Å². The van der Waals surface area contributed by atoms with Crippen LogP contribution in [0.4, 0.5) is 4.39 Å². The Morgan fingerprint density at radius 3 is 2.88 bits per heavy atom. The average molecular weight is 354 g/mol. The number of esters is 1. The first kappa shape index (κ1) is 18.1. The van der Waals surface area contributed by atoms with Gasteiger partial charge in [0.15, 0.2) is 11.1 Å². The zero-order valence-electron chi connectivity index (χ0n) is 12.5. The molecule has 0 aliphatic heterocycles. The molecule has 1 aromatic carbocycles.